The SMILES string of the molecule is Cc1cccc(-n2nc(-c3ccccc3F)cc2C(=O)N2C[C@H](C)O[C@@H](C)C2)c1. The van der Waals surface area contributed by atoms with Gasteiger partial charge in [0.05, 0.1) is 23.6 Å². The molecule has 1 aliphatic heterocycles. The second-order valence-corrected chi connectivity index (χ2v) is 7.61. The molecule has 6 heteroatoms. The minimum Gasteiger partial charge on any atom is -0.372 e. The zero-order valence-corrected chi connectivity index (χ0v) is 16.8. The van der Waals surface area contributed by atoms with Crippen molar-refractivity contribution in [2.24, 2.45) is 0 Å². The molecule has 1 amide bonds. The second kappa shape index (κ2) is 7.79. The maximum atomic E-state index is 14.4. The maximum Gasteiger partial charge on any atom is 0.272 e. The van der Waals surface area contributed by atoms with Gasteiger partial charge in [-0.1, -0.05) is 24.3 Å². The number of halogens is 1. The van der Waals surface area contributed by atoms with Crippen molar-refractivity contribution in [1.29, 1.82) is 0 Å². The molecule has 1 aromatic heterocycles. The topological polar surface area (TPSA) is 47.4 Å². The summed E-state index contributed by atoms with van der Waals surface area (Å²) in [6.45, 7) is 6.92. The van der Waals surface area contributed by atoms with Gasteiger partial charge in [0.15, 0.2) is 0 Å². The monoisotopic (exact) mass is 393 g/mol. The van der Waals surface area contributed by atoms with Crippen molar-refractivity contribution in [3.63, 3.8) is 0 Å². The van der Waals surface area contributed by atoms with E-state index in [1.807, 2.05) is 45.0 Å². The lowest BCUT2D eigenvalue weighted by Gasteiger charge is -2.35. The van der Waals surface area contributed by atoms with Gasteiger partial charge in [0.25, 0.3) is 5.91 Å². The molecule has 0 unspecified atom stereocenters. The number of aryl methyl sites for hydroxylation is 1. The van der Waals surface area contributed by atoms with Crippen molar-refractivity contribution in [2.45, 2.75) is 33.0 Å². The summed E-state index contributed by atoms with van der Waals surface area (Å²) >= 11 is 0. The third kappa shape index (κ3) is 3.93. The number of hydrogen-bond donors (Lipinski definition) is 0. The summed E-state index contributed by atoms with van der Waals surface area (Å²) in [7, 11) is 0. The highest BCUT2D eigenvalue weighted by Crippen LogP contribution is 2.26. The second-order valence-electron chi connectivity index (χ2n) is 7.61. The number of rotatable bonds is 3. The standard InChI is InChI=1S/C23H24FN3O2/c1-15-7-6-8-18(11-15)27-22(23(28)26-13-16(2)29-17(3)14-26)12-21(25-27)19-9-4-5-10-20(19)24/h4-12,16-17H,13-14H2,1-3H3/t16-,17-/m0/s1. The van der Waals surface area contributed by atoms with Crippen molar-refractivity contribution < 1.29 is 13.9 Å². The van der Waals surface area contributed by atoms with Crippen LogP contribution < -0.4 is 0 Å². The summed E-state index contributed by atoms with van der Waals surface area (Å²) in [4.78, 5) is 15.2. The molecule has 1 saturated heterocycles. The number of morpholine rings is 1. The molecule has 0 bridgehead atoms. The maximum absolute atomic E-state index is 14.4. The molecule has 0 saturated carbocycles. The van der Waals surface area contributed by atoms with E-state index in [0.717, 1.165) is 11.3 Å². The molecule has 0 radical (unpaired) electrons. The summed E-state index contributed by atoms with van der Waals surface area (Å²) in [6, 6.07) is 15.9. The molecule has 1 aliphatic rings. The molecule has 0 N–H and O–H groups in total. The Bertz CT molecular complexity index is 1040. The first-order valence-electron chi connectivity index (χ1n) is 9.79. The molecular weight excluding hydrogens is 369 g/mol. The van der Waals surface area contributed by atoms with Crippen LogP contribution in [-0.2, 0) is 4.74 Å². The molecule has 2 heterocycles. The Morgan fingerprint density at radius 3 is 2.48 bits per heavy atom. The molecule has 4 rings (SSSR count). The van der Waals surface area contributed by atoms with Crippen LogP contribution in [0.25, 0.3) is 16.9 Å². The van der Waals surface area contributed by atoms with Gasteiger partial charge in [0.2, 0.25) is 0 Å². The fourth-order valence-electron chi connectivity index (χ4n) is 3.80. The van der Waals surface area contributed by atoms with Crippen LogP contribution in [0.2, 0.25) is 0 Å². The van der Waals surface area contributed by atoms with E-state index >= 15 is 0 Å². The first-order chi connectivity index (χ1) is 13.9. The van der Waals surface area contributed by atoms with E-state index in [1.54, 1.807) is 33.8 Å². The molecule has 0 aliphatic carbocycles. The highest BCUT2D eigenvalue weighted by Gasteiger charge is 2.29. The molecule has 2 atom stereocenters. The predicted molar refractivity (Wildman–Crippen MR) is 110 cm³/mol. The van der Waals surface area contributed by atoms with Gasteiger partial charge in [-0.15, -0.1) is 0 Å². The first kappa shape index (κ1) is 19.3. The minimum atomic E-state index is -0.367. The van der Waals surface area contributed by atoms with Crippen LogP contribution in [0, 0.1) is 12.7 Å². The molecule has 2 aromatic carbocycles. The van der Waals surface area contributed by atoms with Gasteiger partial charge in [0.1, 0.15) is 11.5 Å². The highest BCUT2D eigenvalue weighted by molar-refractivity contribution is 5.94. The Morgan fingerprint density at radius 1 is 1.07 bits per heavy atom. The first-order valence-corrected chi connectivity index (χ1v) is 9.79. The van der Waals surface area contributed by atoms with Crippen molar-refractivity contribution >= 4 is 5.91 Å². The van der Waals surface area contributed by atoms with E-state index in [4.69, 9.17) is 4.74 Å². The van der Waals surface area contributed by atoms with Crippen molar-refractivity contribution in [1.82, 2.24) is 14.7 Å². The van der Waals surface area contributed by atoms with E-state index in [9.17, 15) is 9.18 Å². The average molecular weight is 393 g/mol. The van der Waals surface area contributed by atoms with Gasteiger partial charge < -0.3 is 9.64 Å². The van der Waals surface area contributed by atoms with Crippen LogP contribution in [0.4, 0.5) is 4.39 Å². The van der Waals surface area contributed by atoms with E-state index < -0.39 is 0 Å². The van der Waals surface area contributed by atoms with Crippen LogP contribution in [0.1, 0.15) is 29.9 Å². The normalized spacial score (nSPS) is 19.4. The van der Waals surface area contributed by atoms with Crippen LogP contribution in [0.5, 0.6) is 0 Å². The zero-order valence-electron chi connectivity index (χ0n) is 16.8. The third-order valence-corrected chi connectivity index (χ3v) is 5.03. The fourth-order valence-corrected chi connectivity index (χ4v) is 3.80. The quantitative estimate of drug-likeness (QED) is 0.669. The van der Waals surface area contributed by atoms with Crippen LogP contribution in [0.3, 0.4) is 0 Å². The number of benzene rings is 2. The number of amides is 1. The van der Waals surface area contributed by atoms with Gasteiger partial charge in [-0.3, -0.25) is 4.79 Å². The Kier molecular flexibility index (Phi) is 5.20. The highest BCUT2D eigenvalue weighted by atomic mass is 19.1. The van der Waals surface area contributed by atoms with Gasteiger partial charge in [-0.05, 0) is 56.7 Å². The summed E-state index contributed by atoms with van der Waals surface area (Å²) in [6.07, 6.45) is -0.0758. The smallest absolute Gasteiger partial charge is 0.272 e. The summed E-state index contributed by atoms with van der Waals surface area (Å²) in [5.41, 5.74) is 3.04. The lowest BCUT2D eigenvalue weighted by Crippen LogP contribution is -2.48. The lowest BCUT2D eigenvalue weighted by atomic mass is 10.1. The number of carbonyl (C=O) groups is 1. The largest absolute Gasteiger partial charge is 0.372 e. The van der Waals surface area contributed by atoms with E-state index in [0.29, 0.717) is 30.0 Å². The van der Waals surface area contributed by atoms with Gasteiger partial charge in [-0.2, -0.15) is 5.10 Å². The van der Waals surface area contributed by atoms with Crippen LogP contribution in [-0.4, -0.2) is 45.9 Å². The molecule has 0 spiro atoms. The minimum absolute atomic E-state index is 0.0379. The number of hydrogen-bond acceptors (Lipinski definition) is 3. The van der Waals surface area contributed by atoms with E-state index in [-0.39, 0.29) is 23.9 Å². The van der Waals surface area contributed by atoms with Crippen molar-refractivity contribution in [3.05, 3.63) is 71.7 Å². The number of carbonyl (C=O) groups excluding carboxylic acids is 1. The van der Waals surface area contributed by atoms with Gasteiger partial charge >= 0.3 is 0 Å². The van der Waals surface area contributed by atoms with Crippen LogP contribution in [0.15, 0.2) is 54.6 Å². The van der Waals surface area contributed by atoms with Gasteiger partial charge in [-0.25, -0.2) is 9.07 Å². The Labute approximate surface area is 169 Å². The Balaban J connectivity index is 1.81. The number of aromatic nitrogens is 2. The number of ether oxygens (including phenoxy) is 1. The Morgan fingerprint density at radius 2 is 1.79 bits per heavy atom. The Hall–Kier alpha value is -2.99. The average Bonchev–Trinajstić information content (AvgIpc) is 3.12. The lowest BCUT2D eigenvalue weighted by molar-refractivity contribution is -0.0588. The van der Waals surface area contributed by atoms with E-state index in [1.165, 1.54) is 6.07 Å². The summed E-state index contributed by atoms with van der Waals surface area (Å²) < 4.78 is 21.8. The van der Waals surface area contributed by atoms with E-state index in [2.05, 4.69) is 5.10 Å². The molecule has 1 fully saturated rings. The zero-order chi connectivity index (χ0) is 20.5. The van der Waals surface area contributed by atoms with Gasteiger partial charge in [0, 0.05) is 18.7 Å². The number of nitrogens with zero attached hydrogens (tertiary/aromatic N) is 3. The molecule has 29 heavy (non-hydrogen) atoms. The molecule has 3 aromatic rings. The predicted octanol–water partition coefficient (Wildman–Crippen LogP) is 4.24. The fraction of sp³-hybridized carbons (Fsp3) is 0.304. The summed E-state index contributed by atoms with van der Waals surface area (Å²) in [5.74, 6) is -0.502. The van der Waals surface area contributed by atoms with Crippen LogP contribution >= 0.6 is 0 Å². The van der Waals surface area contributed by atoms with Crippen molar-refractivity contribution in [3.8, 4) is 16.9 Å². The molecular formula is C23H24FN3O2. The van der Waals surface area contributed by atoms with Crippen molar-refractivity contribution in [2.75, 3.05) is 13.1 Å². The molecule has 5 nitrogen and oxygen atoms in total. The third-order valence-electron chi connectivity index (χ3n) is 5.03. The molecule has 150 valence electrons. The summed E-state index contributed by atoms with van der Waals surface area (Å²) in [5, 5.41) is 4.60.